The standard InChI is InChI=1S/C16H26N4O.2ClH/c1-13-3-5-15(20-11-13)18-8-2-9-19-16(21)6-4-14-7-10-17-12-14;;/h3,5,11,14,17H,2,4,6-10,12H2,1H3,(H,18,20)(H,19,21);2*1H. The van der Waals surface area contributed by atoms with Gasteiger partial charge in [0, 0.05) is 25.7 Å². The van der Waals surface area contributed by atoms with Crippen LogP contribution in [0.4, 0.5) is 5.82 Å². The summed E-state index contributed by atoms with van der Waals surface area (Å²) in [5.41, 5.74) is 1.16. The fraction of sp³-hybridized carbons (Fsp3) is 0.625. The Kier molecular flexibility index (Phi) is 11.8. The highest BCUT2D eigenvalue weighted by Gasteiger charge is 2.15. The minimum atomic E-state index is 0. The number of hydrogen-bond acceptors (Lipinski definition) is 4. The van der Waals surface area contributed by atoms with E-state index in [9.17, 15) is 4.79 Å². The van der Waals surface area contributed by atoms with Gasteiger partial charge in [0.1, 0.15) is 5.82 Å². The van der Waals surface area contributed by atoms with Crippen molar-refractivity contribution in [3.8, 4) is 0 Å². The van der Waals surface area contributed by atoms with Gasteiger partial charge in [-0.1, -0.05) is 6.07 Å². The minimum Gasteiger partial charge on any atom is -0.370 e. The summed E-state index contributed by atoms with van der Waals surface area (Å²) in [6.45, 7) is 5.74. The molecule has 0 aromatic carbocycles. The number of pyridine rings is 1. The van der Waals surface area contributed by atoms with E-state index in [1.165, 1.54) is 6.42 Å². The average Bonchev–Trinajstić information content (AvgIpc) is 3.00. The molecule has 0 spiro atoms. The largest absolute Gasteiger partial charge is 0.370 e. The van der Waals surface area contributed by atoms with Crippen LogP contribution in [0.5, 0.6) is 0 Å². The number of nitrogens with zero attached hydrogens (tertiary/aromatic N) is 1. The Morgan fingerprint density at radius 3 is 2.83 bits per heavy atom. The molecule has 7 heteroatoms. The third-order valence-corrected chi connectivity index (χ3v) is 3.84. The Morgan fingerprint density at radius 1 is 1.35 bits per heavy atom. The van der Waals surface area contributed by atoms with E-state index in [1.807, 2.05) is 25.3 Å². The molecule has 1 saturated heterocycles. The SMILES string of the molecule is Cc1ccc(NCCCNC(=O)CCC2CCNC2)nc1.Cl.Cl. The summed E-state index contributed by atoms with van der Waals surface area (Å²) in [5.74, 6) is 1.75. The molecule has 1 aromatic heterocycles. The third-order valence-electron chi connectivity index (χ3n) is 3.84. The molecule has 1 aliphatic rings. The van der Waals surface area contributed by atoms with Crippen molar-refractivity contribution in [2.75, 3.05) is 31.5 Å². The number of amides is 1. The molecule has 5 nitrogen and oxygen atoms in total. The monoisotopic (exact) mass is 362 g/mol. The van der Waals surface area contributed by atoms with Crippen LogP contribution in [-0.4, -0.2) is 37.1 Å². The van der Waals surface area contributed by atoms with Gasteiger partial charge in [0.05, 0.1) is 0 Å². The molecule has 132 valence electrons. The highest BCUT2D eigenvalue weighted by atomic mass is 35.5. The lowest BCUT2D eigenvalue weighted by Crippen LogP contribution is -2.26. The number of hydrogen-bond donors (Lipinski definition) is 3. The zero-order valence-corrected chi connectivity index (χ0v) is 15.3. The average molecular weight is 363 g/mol. The van der Waals surface area contributed by atoms with E-state index in [0.29, 0.717) is 12.3 Å². The highest BCUT2D eigenvalue weighted by Crippen LogP contribution is 2.13. The lowest BCUT2D eigenvalue weighted by atomic mass is 10.0. The number of halogens is 2. The van der Waals surface area contributed by atoms with Gasteiger partial charge in [-0.15, -0.1) is 24.8 Å². The zero-order valence-electron chi connectivity index (χ0n) is 13.6. The highest BCUT2D eigenvalue weighted by molar-refractivity contribution is 5.85. The van der Waals surface area contributed by atoms with Crippen LogP contribution in [-0.2, 0) is 4.79 Å². The first-order valence-corrected chi connectivity index (χ1v) is 7.88. The number of nitrogens with one attached hydrogen (secondary N) is 3. The maximum absolute atomic E-state index is 11.7. The lowest BCUT2D eigenvalue weighted by Gasteiger charge is -2.09. The van der Waals surface area contributed by atoms with Crippen molar-refractivity contribution in [1.29, 1.82) is 0 Å². The molecule has 0 bridgehead atoms. The van der Waals surface area contributed by atoms with Crippen molar-refractivity contribution in [2.45, 2.75) is 32.6 Å². The minimum absolute atomic E-state index is 0. The summed E-state index contributed by atoms with van der Waals surface area (Å²) >= 11 is 0. The van der Waals surface area contributed by atoms with Crippen molar-refractivity contribution in [2.24, 2.45) is 5.92 Å². The van der Waals surface area contributed by atoms with Crippen molar-refractivity contribution in [3.05, 3.63) is 23.9 Å². The summed E-state index contributed by atoms with van der Waals surface area (Å²) in [6, 6.07) is 4.01. The van der Waals surface area contributed by atoms with Crippen LogP contribution in [0.2, 0.25) is 0 Å². The van der Waals surface area contributed by atoms with Gasteiger partial charge in [-0.05, 0) is 56.8 Å². The fourth-order valence-electron chi connectivity index (χ4n) is 2.49. The second-order valence-electron chi connectivity index (χ2n) is 5.75. The summed E-state index contributed by atoms with van der Waals surface area (Å²) in [4.78, 5) is 16.0. The number of anilines is 1. The molecule has 2 heterocycles. The lowest BCUT2D eigenvalue weighted by molar-refractivity contribution is -0.121. The smallest absolute Gasteiger partial charge is 0.220 e. The Morgan fingerprint density at radius 2 is 2.17 bits per heavy atom. The van der Waals surface area contributed by atoms with Crippen LogP contribution in [0, 0.1) is 12.8 Å². The summed E-state index contributed by atoms with van der Waals surface area (Å²) in [5, 5.41) is 9.56. The van der Waals surface area contributed by atoms with Gasteiger partial charge in [0.2, 0.25) is 5.91 Å². The first-order valence-electron chi connectivity index (χ1n) is 7.88. The first-order chi connectivity index (χ1) is 10.2. The summed E-state index contributed by atoms with van der Waals surface area (Å²) in [6.07, 6.45) is 5.62. The normalized spacial score (nSPS) is 16.1. The predicted molar refractivity (Wildman–Crippen MR) is 99.8 cm³/mol. The van der Waals surface area contributed by atoms with E-state index < -0.39 is 0 Å². The number of rotatable bonds is 8. The van der Waals surface area contributed by atoms with E-state index in [2.05, 4.69) is 20.9 Å². The Hall–Kier alpha value is -1.04. The molecular formula is C16H28Cl2N4O. The Labute approximate surface area is 151 Å². The second kappa shape index (κ2) is 12.4. The number of carbonyl (C=O) groups is 1. The third kappa shape index (κ3) is 8.98. The van der Waals surface area contributed by atoms with Crippen LogP contribution >= 0.6 is 24.8 Å². The molecule has 1 fully saturated rings. The fourth-order valence-corrected chi connectivity index (χ4v) is 2.49. The van der Waals surface area contributed by atoms with Crippen molar-refractivity contribution >= 4 is 36.5 Å². The molecule has 1 aliphatic heterocycles. The molecule has 3 N–H and O–H groups in total. The molecular weight excluding hydrogens is 335 g/mol. The molecule has 0 saturated carbocycles. The van der Waals surface area contributed by atoms with Gasteiger partial charge in [0.25, 0.3) is 0 Å². The predicted octanol–water partition coefficient (Wildman–Crippen LogP) is 2.54. The van der Waals surface area contributed by atoms with Crippen molar-refractivity contribution in [3.63, 3.8) is 0 Å². The van der Waals surface area contributed by atoms with Gasteiger partial charge in [-0.3, -0.25) is 4.79 Å². The Balaban J connectivity index is 0.00000242. The van der Waals surface area contributed by atoms with Crippen molar-refractivity contribution in [1.82, 2.24) is 15.6 Å². The van der Waals surface area contributed by atoms with E-state index in [0.717, 1.165) is 50.4 Å². The molecule has 1 aromatic rings. The molecule has 0 radical (unpaired) electrons. The second-order valence-corrected chi connectivity index (χ2v) is 5.75. The van der Waals surface area contributed by atoms with E-state index >= 15 is 0 Å². The molecule has 1 atom stereocenters. The van der Waals surface area contributed by atoms with E-state index in [-0.39, 0.29) is 30.7 Å². The summed E-state index contributed by atoms with van der Waals surface area (Å²) < 4.78 is 0. The van der Waals surface area contributed by atoms with E-state index in [1.54, 1.807) is 0 Å². The molecule has 1 unspecified atom stereocenters. The van der Waals surface area contributed by atoms with Gasteiger partial charge < -0.3 is 16.0 Å². The molecule has 0 aliphatic carbocycles. The van der Waals surface area contributed by atoms with Crippen LogP contribution in [0.1, 0.15) is 31.2 Å². The van der Waals surface area contributed by atoms with Crippen LogP contribution in [0.25, 0.3) is 0 Å². The maximum atomic E-state index is 11.7. The summed E-state index contributed by atoms with van der Waals surface area (Å²) in [7, 11) is 0. The first kappa shape index (κ1) is 22.0. The number of aromatic nitrogens is 1. The van der Waals surface area contributed by atoms with E-state index in [4.69, 9.17) is 0 Å². The van der Waals surface area contributed by atoms with Gasteiger partial charge in [-0.25, -0.2) is 4.98 Å². The van der Waals surface area contributed by atoms with Crippen LogP contribution in [0.15, 0.2) is 18.3 Å². The van der Waals surface area contributed by atoms with Gasteiger partial charge in [-0.2, -0.15) is 0 Å². The maximum Gasteiger partial charge on any atom is 0.220 e. The topological polar surface area (TPSA) is 66.0 Å². The van der Waals surface area contributed by atoms with Gasteiger partial charge >= 0.3 is 0 Å². The molecule has 1 amide bonds. The Bertz CT molecular complexity index is 436. The quantitative estimate of drug-likeness (QED) is 0.621. The molecule has 23 heavy (non-hydrogen) atoms. The van der Waals surface area contributed by atoms with Gasteiger partial charge in [0.15, 0.2) is 0 Å². The zero-order chi connectivity index (χ0) is 14.9. The van der Waals surface area contributed by atoms with Crippen molar-refractivity contribution < 1.29 is 4.79 Å². The van der Waals surface area contributed by atoms with Crippen LogP contribution in [0.3, 0.4) is 0 Å². The number of aryl methyl sites for hydroxylation is 1. The van der Waals surface area contributed by atoms with Crippen LogP contribution < -0.4 is 16.0 Å². The number of carbonyl (C=O) groups excluding carboxylic acids is 1. The molecule has 2 rings (SSSR count).